The summed E-state index contributed by atoms with van der Waals surface area (Å²) in [6, 6.07) is 4.24. The van der Waals surface area contributed by atoms with Crippen molar-refractivity contribution in [1.29, 1.82) is 0 Å². The third-order valence-corrected chi connectivity index (χ3v) is 3.02. The summed E-state index contributed by atoms with van der Waals surface area (Å²) in [5.41, 5.74) is 0.0283. The van der Waals surface area contributed by atoms with Crippen molar-refractivity contribution in [2.75, 3.05) is 26.4 Å². The number of halogens is 1. The molecule has 0 heterocycles. The molecule has 0 aliphatic rings. The smallest absolute Gasteiger partial charge is 0.284 e. The number of ether oxygens (including phenoxy) is 1. The summed E-state index contributed by atoms with van der Waals surface area (Å²) >= 11 is 3.05. The van der Waals surface area contributed by atoms with Crippen molar-refractivity contribution in [3.05, 3.63) is 38.3 Å². The summed E-state index contributed by atoms with van der Waals surface area (Å²) in [6.45, 7) is 0.646. The van der Waals surface area contributed by atoms with Gasteiger partial charge in [-0.05, 0) is 22.0 Å². The third-order valence-electron chi connectivity index (χ3n) is 2.19. The van der Waals surface area contributed by atoms with E-state index in [1.807, 2.05) is 0 Å². The van der Waals surface area contributed by atoms with Crippen LogP contribution in [0.1, 0.15) is 10.4 Å². The second-order valence-electron chi connectivity index (χ2n) is 3.49. The standard InChI is InChI=1S/C11H13BrN2O5/c12-10-8(2-1-3-9(10)14(17)18)11(16)13-4-6-19-7-5-15/h1-3,15H,4-7H2,(H,13,16). The number of carbonyl (C=O) groups excluding carboxylic acids is 1. The van der Waals surface area contributed by atoms with E-state index in [0.717, 1.165) is 0 Å². The van der Waals surface area contributed by atoms with E-state index in [2.05, 4.69) is 21.2 Å². The van der Waals surface area contributed by atoms with Crippen molar-refractivity contribution >= 4 is 27.5 Å². The second kappa shape index (κ2) is 7.82. The fourth-order valence-corrected chi connectivity index (χ4v) is 1.92. The molecule has 0 aliphatic carbocycles. The number of nitrogens with one attached hydrogen (secondary N) is 1. The highest BCUT2D eigenvalue weighted by Gasteiger charge is 2.18. The molecular weight excluding hydrogens is 320 g/mol. The number of hydrogen-bond acceptors (Lipinski definition) is 5. The van der Waals surface area contributed by atoms with Crippen LogP contribution < -0.4 is 5.32 Å². The summed E-state index contributed by atoms with van der Waals surface area (Å²) in [5, 5.41) is 21.8. The van der Waals surface area contributed by atoms with Crippen molar-refractivity contribution < 1.29 is 19.6 Å². The van der Waals surface area contributed by atoms with E-state index in [1.165, 1.54) is 18.2 Å². The highest BCUT2D eigenvalue weighted by atomic mass is 79.9. The average Bonchev–Trinajstić information content (AvgIpc) is 2.38. The van der Waals surface area contributed by atoms with E-state index in [0.29, 0.717) is 0 Å². The lowest BCUT2D eigenvalue weighted by Gasteiger charge is -2.07. The first-order valence-corrected chi connectivity index (χ1v) is 6.27. The zero-order chi connectivity index (χ0) is 14.3. The second-order valence-corrected chi connectivity index (χ2v) is 4.28. The first kappa shape index (κ1) is 15.5. The highest BCUT2D eigenvalue weighted by molar-refractivity contribution is 9.10. The number of rotatable bonds is 7. The average molecular weight is 333 g/mol. The number of benzene rings is 1. The van der Waals surface area contributed by atoms with Gasteiger partial charge in [-0.15, -0.1) is 0 Å². The Balaban J connectivity index is 2.62. The monoisotopic (exact) mass is 332 g/mol. The number of amides is 1. The van der Waals surface area contributed by atoms with Gasteiger partial charge in [-0.1, -0.05) is 6.07 Å². The number of nitro groups is 1. The van der Waals surface area contributed by atoms with Gasteiger partial charge < -0.3 is 15.2 Å². The Morgan fingerprint density at radius 2 is 2.21 bits per heavy atom. The molecule has 0 aromatic heterocycles. The van der Waals surface area contributed by atoms with Gasteiger partial charge in [0.1, 0.15) is 4.47 Å². The van der Waals surface area contributed by atoms with E-state index < -0.39 is 10.8 Å². The molecule has 0 bridgehead atoms. The van der Waals surface area contributed by atoms with E-state index in [9.17, 15) is 14.9 Å². The number of aliphatic hydroxyl groups excluding tert-OH is 1. The minimum absolute atomic E-state index is 0.0790. The Morgan fingerprint density at radius 1 is 1.47 bits per heavy atom. The van der Waals surface area contributed by atoms with Crippen LogP contribution in [0.5, 0.6) is 0 Å². The zero-order valence-corrected chi connectivity index (χ0v) is 11.6. The van der Waals surface area contributed by atoms with Crippen molar-refractivity contribution in [1.82, 2.24) is 5.32 Å². The summed E-state index contributed by atoms with van der Waals surface area (Å²) in [5.74, 6) is -0.428. The summed E-state index contributed by atoms with van der Waals surface area (Å²) in [6.07, 6.45) is 0. The SMILES string of the molecule is O=C(NCCOCCO)c1cccc([N+](=O)[O-])c1Br. The predicted molar refractivity (Wildman–Crippen MR) is 71.0 cm³/mol. The van der Waals surface area contributed by atoms with E-state index in [1.54, 1.807) is 0 Å². The molecule has 0 aliphatic heterocycles. The van der Waals surface area contributed by atoms with Crippen molar-refractivity contribution in [2.45, 2.75) is 0 Å². The molecule has 1 amide bonds. The van der Waals surface area contributed by atoms with Crippen molar-refractivity contribution in [2.24, 2.45) is 0 Å². The molecule has 0 spiro atoms. The van der Waals surface area contributed by atoms with Gasteiger partial charge in [0.15, 0.2) is 0 Å². The van der Waals surface area contributed by atoms with Gasteiger partial charge in [0.25, 0.3) is 11.6 Å². The minimum Gasteiger partial charge on any atom is -0.394 e. The third kappa shape index (κ3) is 4.58. The van der Waals surface area contributed by atoms with Crippen LogP contribution in [0.25, 0.3) is 0 Å². The summed E-state index contributed by atoms with van der Waals surface area (Å²) in [7, 11) is 0. The van der Waals surface area contributed by atoms with Crippen LogP contribution in [-0.2, 0) is 4.74 Å². The van der Waals surface area contributed by atoms with Crippen LogP contribution in [0.2, 0.25) is 0 Å². The van der Waals surface area contributed by atoms with Crippen LogP contribution in [0, 0.1) is 10.1 Å². The van der Waals surface area contributed by atoms with E-state index in [4.69, 9.17) is 9.84 Å². The summed E-state index contributed by atoms with van der Waals surface area (Å²) in [4.78, 5) is 22.0. The molecule has 1 rings (SSSR count). The largest absolute Gasteiger partial charge is 0.394 e. The molecule has 0 unspecified atom stereocenters. The fourth-order valence-electron chi connectivity index (χ4n) is 1.33. The van der Waals surface area contributed by atoms with Gasteiger partial charge in [0, 0.05) is 12.6 Å². The van der Waals surface area contributed by atoms with Crippen molar-refractivity contribution in [3.8, 4) is 0 Å². The molecule has 0 radical (unpaired) electrons. The molecular formula is C11H13BrN2O5. The predicted octanol–water partition coefficient (Wildman–Crippen LogP) is 1.10. The Kier molecular flexibility index (Phi) is 6.40. The van der Waals surface area contributed by atoms with E-state index >= 15 is 0 Å². The fraction of sp³-hybridized carbons (Fsp3) is 0.364. The molecule has 19 heavy (non-hydrogen) atoms. The quantitative estimate of drug-likeness (QED) is 0.442. The maximum Gasteiger partial charge on any atom is 0.284 e. The Bertz CT molecular complexity index is 466. The molecule has 1 aromatic rings. The van der Waals surface area contributed by atoms with Crippen LogP contribution >= 0.6 is 15.9 Å². The normalized spacial score (nSPS) is 10.2. The Labute approximate surface area is 117 Å². The minimum atomic E-state index is -0.564. The molecule has 2 N–H and O–H groups in total. The lowest BCUT2D eigenvalue weighted by atomic mass is 10.2. The maximum absolute atomic E-state index is 11.8. The molecule has 7 nitrogen and oxygen atoms in total. The topological polar surface area (TPSA) is 102 Å². The molecule has 0 saturated carbocycles. The van der Waals surface area contributed by atoms with Crippen LogP contribution in [0.4, 0.5) is 5.69 Å². The van der Waals surface area contributed by atoms with Crippen LogP contribution in [0.3, 0.4) is 0 Å². The number of hydrogen-bond donors (Lipinski definition) is 2. The number of aliphatic hydroxyl groups is 1. The Hall–Kier alpha value is -1.51. The molecule has 0 fully saturated rings. The van der Waals surface area contributed by atoms with Gasteiger partial charge in [0.05, 0.1) is 30.3 Å². The molecule has 8 heteroatoms. The lowest BCUT2D eigenvalue weighted by molar-refractivity contribution is -0.385. The van der Waals surface area contributed by atoms with Crippen LogP contribution in [0.15, 0.2) is 22.7 Å². The van der Waals surface area contributed by atoms with Gasteiger partial charge >= 0.3 is 0 Å². The van der Waals surface area contributed by atoms with Crippen molar-refractivity contribution in [3.63, 3.8) is 0 Å². The van der Waals surface area contributed by atoms with Gasteiger partial charge in [0.2, 0.25) is 0 Å². The van der Waals surface area contributed by atoms with Gasteiger partial charge in [-0.3, -0.25) is 14.9 Å². The zero-order valence-electron chi connectivity index (χ0n) is 9.97. The number of nitrogens with zero attached hydrogens (tertiary/aromatic N) is 1. The number of carbonyl (C=O) groups is 1. The Morgan fingerprint density at radius 3 is 2.84 bits per heavy atom. The first-order valence-electron chi connectivity index (χ1n) is 5.47. The molecule has 0 atom stereocenters. The first-order chi connectivity index (χ1) is 9.07. The summed E-state index contributed by atoms with van der Waals surface area (Å²) < 4.78 is 5.12. The maximum atomic E-state index is 11.8. The number of nitro benzene ring substituents is 1. The van der Waals surface area contributed by atoms with E-state index in [-0.39, 0.29) is 42.1 Å². The lowest BCUT2D eigenvalue weighted by Crippen LogP contribution is -2.28. The molecule has 104 valence electrons. The molecule has 1 aromatic carbocycles. The highest BCUT2D eigenvalue weighted by Crippen LogP contribution is 2.27. The molecule has 0 saturated heterocycles. The van der Waals surface area contributed by atoms with Gasteiger partial charge in [-0.25, -0.2) is 0 Å². The van der Waals surface area contributed by atoms with Gasteiger partial charge in [-0.2, -0.15) is 0 Å². The van der Waals surface area contributed by atoms with Crippen LogP contribution in [-0.4, -0.2) is 42.3 Å².